The first-order chi connectivity index (χ1) is 6.32. The number of nitrogens with zero attached hydrogens (tertiary/aromatic N) is 2. The highest BCUT2D eigenvalue weighted by Gasteiger charge is 2.37. The zero-order chi connectivity index (χ0) is 10.9. The molecule has 0 amide bonds. The molecule has 1 aromatic heterocycles. The van der Waals surface area contributed by atoms with Gasteiger partial charge in [-0.3, -0.25) is 4.68 Å². The van der Waals surface area contributed by atoms with Gasteiger partial charge in [-0.15, -0.1) is 0 Å². The SMILES string of the molecule is CC(N)Cn1ncc(Br)c1C(F)(F)F. The Morgan fingerprint density at radius 1 is 1.64 bits per heavy atom. The van der Waals surface area contributed by atoms with Crippen molar-refractivity contribution in [2.45, 2.75) is 25.7 Å². The lowest BCUT2D eigenvalue weighted by molar-refractivity contribution is -0.144. The zero-order valence-electron chi connectivity index (χ0n) is 7.35. The molecule has 14 heavy (non-hydrogen) atoms. The summed E-state index contributed by atoms with van der Waals surface area (Å²) < 4.78 is 38.2. The second kappa shape index (κ2) is 3.90. The summed E-state index contributed by atoms with van der Waals surface area (Å²) in [4.78, 5) is 0. The van der Waals surface area contributed by atoms with Gasteiger partial charge in [-0.2, -0.15) is 18.3 Å². The Kier molecular flexibility index (Phi) is 3.20. The molecule has 0 saturated heterocycles. The fourth-order valence-corrected chi connectivity index (χ4v) is 1.58. The number of rotatable bonds is 2. The van der Waals surface area contributed by atoms with Gasteiger partial charge in [0.05, 0.1) is 17.2 Å². The summed E-state index contributed by atoms with van der Waals surface area (Å²) in [5, 5.41) is 3.59. The van der Waals surface area contributed by atoms with Gasteiger partial charge in [-0.05, 0) is 22.9 Å². The van der Waals surface area contributed by atoms with E-state index in [1.54, 1.807) is 6.92 Å². The minimum absolute atomic E-state index is 0.0421. The van der Waals surface area contributed by atoms with Crippen molar-refractivity contribution in [2.75, 3.05) is 0 Å². The summed E-state index contributed by atoms with van der Waals surface area (Å²) in [6.07, 6.45) is -3.30. The number of halogens is 4. The molecule has 0 fully saturated rings. The van der Waals surface area contributed by atoms with Crippen LogP contribution in [0.25, 0.3) is 0 Å². The van der Waals surface area contributed by atoms with Gasteiger partial charge >= 0.3 is 6.18 Å². The molecule has 0 radical (unpaired) electrons. The van der Waals surface area contributed by atoms with E-state index >= 15 is 0 Å². The van der Waals surface area contributed by atoms with Crippen molar-refractivity contribution in [3.63, 3.8) is 0 Å². The molecule has 1 rings (SSSR count). The molecule has 0 aliphatic heterocycles. The third-order valence-electron chi connectivity index (χ3n) is 1.52. The smallest absolute Gasteiger partial charge is 0.326 e. The molecular weight excluding hydrogens is 263 g/mol. The molecule has 7 heteroatoms. The number of hydrogen-bond acceptors (Lipinski definition) is 2. The summed E-state index contributed by atoms with van der Waals surface area (Å²) >= 11 is 2.80. The third kappa shape index (κ3) is 2.48. The van der Waals surface area contributed by atoms with Gasteiger partial charge in [0.25, 0.3) is 0 Å². The molecule has 0 aromatic carbocycles. The second-order valence-electron chi connectivity index (χ2n) is 3.00. The summed E-state index contributed by atoms with van der Waals surface area (Å²) in [5.41, 5.74) is 4.61. The van der Waals surface area contributed by atoms with E-state index in [-0.39, 0.29) is 17.1 Å². The Balaban J connectivity index is 3.07. The van der Waals surface area contributed by atoms with Crippen LogP contribution >= 0.6 is 15.9 Å². The topological polar surface area (TPSA) is 43.8 Å². The maximum atomic E-state index is 12.5. The van der Waals surface area contributed by atoms with Gasteiger partial charge in [0.1, 0.15) is 0 Å². The lowest BCUT2D eigenvalue weighted by atomic mass is 10.3. The molecule has 80 valence electrons. The van der Waals surface area contributed by atoms with Crippen molar-refractivity contribution >= 4 is 15.9 Å². The summed E-state index contributed by atoms with van der Waals surface area (Å²) in [7, 11) is 0. The van der Waals surface area contributed by atoms with Gasteiger partial charge < -0.3 is 5.73 Å². The molecule has 1 heterocycles. The summed E-state index contributed by atoms with van der Waals surface area (Å²) in [6.45, 7) is 1.66. The van der Waals surface area contributed by atoms with E-state index in [4.69, 9.17) is 5.73 Å². The quantitative estimate of drug-likeness (QED) is 0.895. The standard InChI is InChI=1S/C7H9BrF3N3/c1-4(12)3-14-6(7(9,10)11)5(8)2-13-14/h2,4H,3,12H2,1H3. The monoisotopic (exact) mass is 271 g/mol. The van der Waals surface area contributed by atoms with E-state index in [0.717, 1.165) is 10.9 Å². The zero-order valence-corrected chi connectivity index (χ0v) is 8.93. The molecule has 0 spiro atoms. The van der Waals surface area contributed by atoms with Gasteiger partial charge in [-0.25, -0.2) is 0 Å². The molecule has 1 atom stereocenters. The highest BCUT2D eigenvalue weighted by atomic mass is 79.9. The average molecular weight is 272 g/mol. The van der Waals surface area contributed by atoms with Crippen LogP contribution in [0.4, 0.5) is 13.2 Å². The van der Waals surface area contributed by atoms with E-state index in [9.17, 15) is 13.2 Å². The Morgan fingerprint density at radius 3 is 2.64 bits per heavy atom. The first kappa shape index (κ1) is 11.5. The molecule has 1 unspecified atom stereocenters. The van der Waals surface area contributed by atoms with Crippen molar-refractivity contribution in [3.8, 4) is 0 Å². The van der Waals surface area contributed by atoms with Crippen LogP contribution in [0, 0.1) is 0 Å². The molecule has 0 saturated carbocycles. The van der Waals surface area contributed by atoms with Crippen LogP contribution in [-0.2, 0) is 12.7 Å². The fourth-order valence-electron chi connectivity index (χ4n) is 1.06. The van der Waals surface area contributed by atoms with Crippen LogP contribution < -0.4 is 5.73 Å². The highest BCUT2D eigenvalue weighted by molar-refractivity contribution is 9.10. The van der Waals surface area contributed by atoms with Crippen molar-refractivity contribution < 1.29 is 13.2 Å². The van der Waals surface area contributed by atoms with Crippen molar-refractivity contribution in [2.24, 2.45) is 5.73 Å². The summed E-state index contributed by atoms with van der Waals surface area (Å²) in [6, 6.07) is -0.372. The maximum Gasteiger partial charge on any atom is 0.434 e. The molecule has 0 aliphatic carbocycles. The van der Waals surface area contributed by atoms with Crippen molar-refractivity contribution in [1.82, 2.24) is 9.78 Å². The first-order valence-corrected chi connectivity index (χ1v) is 4.65. The molecule has 0 bridgehead atoms. The number of nitrogens with two attached hydrogens (primary N) is 1. The first-order valence-electron chi connectivity index (χ1n) is 3.86. The predicted molar refractivity (Wildman–Crippen MR) is 48.6 cm³/mol. The van der Waals surface area contributed by atoms with Crippen molar-refractivity contribution in [1.29, 1.82) is 0 Å². The second-order valence-corrected chi connectivity index (χ2v) is 3.85. The summed E-state index contributed by atoms with van der Waals surface area (Å²) in [5.74, 6) is 0. The van der Waals surface area contributed by atoms with E-state index in [0.29, 0.717) is 0 Å². The number of alkyl halides is 3. The molecule has 1 aromatic rings. The minimum atomic E-state index is -4.41. The molecule has 3 nitrogen and oxygen atoms in total. The Morgan fingerprint density at radius 2 is 2.21 bits per heavy atom. The van der Waals surface area contributed by atoms with Gasteiger partial charge in [0.15, 0.2) is 5.69 Å². The van der Waals surface area contributed by atoms with Gasteiger partial charge in [0.2, 0.25) is 0 Å². The van der Waals surface area contributed by atoms with Crippen LogP contribution in [-0.4, -0.2) is 15.8 Å². The minimum Gasteiger partial charge on any atom is -0.326 e. The Hall–Kier alpha value is -0.560. The van der Waals surface area contributed by atoms with Crippen LogP contribution in [0.1, 0.15) is 12.6 Å². The highest BCUT2D eigenvalue weighted by Crippen LogP contribution is 2.34. The fraction of sp³-hybridized carbons (Fsp3) is 0.571. The van der Waals surface area contributed by atoms with Crippen LogP contribution in [0.3, 0.4) is 0 Å². The largest absolute Gasteiger partial charge is 0.434 e. The Labute approximate surface area is 87.2 Å². The average Bonchev–Trinajstić information content (AvgIpc) is 2.28. The van der Waals surface area contributed by atoms with Gasteiger partial charge in [-0.1, -0.05) is 0 Å². The van der Waals surface area contributed by atoms with E-state index in [1.165, 1.54) is 0 Å². The Bertz CT molecular complexity index is 318. The molecule has 0 aliphatic rings. The van der Waals surface area contributed by atoms with Crippen LogP contribution in [0.2, 0.25) is 0 Å². The van der Waals surface area contributed by atoms with E-state index < -0.39 is 11.9 Å². The van der Waals surface area contributed by atoms with Crippen LogP contribution in [0.15, 0.2) is 10.7 Å². The third-order valence-corrected chi connectivity index (χ3v) is 2.10. The molecule has 2 N–H and O–H groups in total. The normalized spacial score (nSPS) is 14.4. The number of hydrogen-bond donors (Lipinski definition) is 1. The lowest BCUT2D eigenvalue weighted by Crippen LogP contribution is -2.26. The van der Waals surface area contributed by atoms with Crippen molar-refractivity contribution in [3.05, 3.63) is 16.4 Å². The maximum absolute atomic E-state index is 12.5. The molecular formula is C7H9BrF3N3. The lowest BCUT2D eigenvalue weighted by Gasteiger charge is -2.12. The van der Waals surface area contributed by atoms with Gasteiger partial charge in [0, 0.05) is 6.04 Å². The van der Waals surface area contributed by atoms with E-state index in [1.807, 2.05) is 0 Å². The van der Waals surface area contributed by atoms with Crippen LogP contribution in [0.5, 0.6) is 0 Å². The predicted octanol–water partition coefficient (Wildman–Crippen LogP) is 2.01. The van der Waals surface area contributed by atoms with E-state index in [2.05, 4.69) is 21.0 Å². The number of aromatic nitrogens is 2.